The van der Waals surface area contributed by atoms with Gasteiger partial charge in [0, 0.05) is 18.2 Å². The summed E-state index contributed by atoms with van der Waals surface area (Å²) < 4.78 is 51.7. The number of nitrogens with one attached hydrogen (secondary N) is 1. The minimum Gasteiger partial charge on any atom is -0.347 e. The Balaban J connectivity index is 1.69. The van der Waals surface area contributed by atoms with Gasteiger partial charge in [0.2, 0.25) is 0 Å². The second-order valence-electron chi connectivity index (χ2n) is 6.72. The Bertz CT molecular complexity index is 924. The van der Waals surface area contributed by atoms with Crippen LogP contribution in [0.15, 0.2) is 24.3 Å². The quantitative estimate of drug-likeness (QED) is 0.761. The van der Waals surface area contributed by atoms with E-state index in [2.05, 4.69) is 15.3 Å². The van der Waals surface area contributed by atoms with Crippen molar-refractivity contribution in [2.75, 3.05) is 0 Å². The van der Waals surface area contributed by atoms with Crippen molar-refractivity contribution in [2.45, 2.75) is 38.9 Å². The second kappa shape index (κ2) is 7.65. The lowest BCUT2D eigenvalue weighted by Crippen LogP contribution is -2.25. The van der Waals surface area contributed by atoms with Crippen LogP contribution in [0.1, 0.15) is 46.0 Å². The Morgan fingerprint density at radius 1 is 1.18 bits per heavy atom. The third-order valence-electron chi connectivity index (χ3n) is 4.29. The first-order valence-corrected chi connectivity index (χ1v) is 8.64. The number of aromatic nitrogens is 2. The Labute approximate surface area is 158 Å². The highest BCUT2D eigenvalue weighted by Crippen LogP contribution is 2.32. The van der Waals surface area contributed by atoms with Gasteiger partial charge in [-0.15, -0.1) is 0 Å². The number of carbonyl (C=O) groups excluding carboxylic acids is 2. The minimum absolute atomic E-state index is 0.0178. The number of ketones is 1. The smallest absolute Gasteiger partial charge is 0.347 e. The molecule has 1 fully saturated rings. The van der Waals surface area contributed by atoms with Gasteiger partial charge in [-0.2, -0.15) is 13.2 Å². The molecule has 0 unspecified atom stereocenters. The first-order valence-electron chi connectivity index (χ1n) is 8.64. The molecule has 0 radical (unpaired) electrons. The molecule has 1 aromatic carbocycles. The maximum atomic E-state index is 13.3. The average molecular weight is 395 g/mol. The van der Waals surface area contributed by atoms with Gasteiger partial charge < -0.3 is 5.32 Å². The van der Waals surface area contributed by atoms with Gasteiger partial charge in [-0.05, 0) is 43.5 Å². The predicted octanol–water partition coefficient (Wildman–Crippen LogP) is 3.39. The van der Waals surface area contributed by atoms with E-state index in [1.54, 1.807) is 6.92 Å². The van der Waals surface area contributed by atoms with Crippen molar-refractivity contribution in [1.82, 2.24) is 15.3 Å². The van der Waals surface area contributed by atoms with E-state index in [0.29, 0.717) is 17.8 Å². The van der Waals surface area contributed by atoms with Gasteiger partial charge in [0.1, 0.15) is 23.1 Å². The molecule has 1 heterocycles. The van der Waals surface area contributed by atoms with Crippen LogP contribution in [-0.4, -0.2) is 21.7 Å². The number of nitrogens with zero attached hydrogens (tertiary/aromatic N) is 2. The molecule has 1 N–H and O–H groups in total. The summed E-state index contributed by atoms with van der Waals surface area (Å²) in [5.74, 6) is -1.68. The van der Waals surface area contributed by atoms with Gasteiger partial charge in [0.15, 0.2) is 0 Å². The molecule has 0 bridgehead atoms. The second-order valence-corrected chi connectivity index (χ2v) is 6.72. The highest BCUT2D eigenvalue weighted by atomic mass is 19.4. The summed E-state index contributed by atoms with van der Waals surface area (Å²) in [5, 5.41) is 2.45. The van der Waals surface area contributed by atoms with Crippen LogP contribution in [0.4, 0.5) is 17.6 Å². The number of carbonyl (C=O) groups is 2. The number of Topliss-reactive ketones (excluding diaryl/α,β-unsaturated/α-hetero) is 1. The van der Waals surface area contributed by atoms with Gasteiger partial charge in [-0.1, -0.05) is 6.07 Å². The molecular formula is C19H17F4N3O2. The largest absolute Gasteiger partial charge is 0.419 e. The Morgan fingerprint density at radius 2 is 1.89 bits per heavy atom. The summed E-state index contributed by atoms with van der Waals surface area (Å²) in [7, 11) is 0. The molecule has 3 rings (SSSR count). The molecule has 5 nitrogen and oxygen atoms in total. The number of aryl methyl sites for hydroxylation is 1. The first-order chi connectivity index (χ1) is 13.1. The molecule has 0 spiro atoms. The van der Waals surface area contributed by atoms with E-state index in [0.717, 1.165) is 18.9 Å². The van der Waals surface area contributed by atoms with Gasteiger partial charge in [-0.25, -0.2) is 14.4 Å². The molecule has 0 aliphatic heterocycles. The molecule has 1 aromatic heterocycles. The fourth-order valence-corrected chi connectivity index (χ4v) is 2.70. The Kier molecular flexibility index (Phi) is 5.44. The van der Waals surface area contributed by atoms with Gasteiger partial charge in [0.25, 0.3) is 5.91 Å². The first kappa shape index (κ1) is 19.9. The van der Waals surface area contributed by atoms with E-state index in [-0.39, 0.29) is 41.7 Å². The van der Waals surface area contributed by atoms with Crippen LogP contribution in [0.3, 0.4) is 0 Å². The third kappa shape index (κ3) is 4.90. The normalized spacial score (nSPS) is 14.0. The van der Waals surface area contributed by atoms with Crippen molar-refractivity contribution in [1.29, 1.82) is 0 Å². The van der Waals surface area contributed by atoms with E-state index in [9.17, 15) is 27.2 Å². The zero-order valence-corrected chi connectivity index (χ0v) is 14.9. The molecule has 1 aliphatic carbocycles. The summed E-state index contributed by atoms with van der Waals surface area (Å²) >= 11 is 0. The molecule has 0 saturated heterocycles. The van der Waals surface area contributed by atoms with Crippen molar-refractivity contribution >= 4 is 11.7 Å². The number of hydrogen-bond acceptors (Lipinski definition) is 4. The highest BCUT2D eigenvalue weighted by Gasteiger charge is 2.34. The number of benzene rings is 1. The zero-order chi connectivity index (χ0) is 20.5. The summed E-state index contributed by atoms with van der Waals surface area (Å²) in [6.45, 7) is 1.42. The minimum atomic E-state index is -4.82. The van der Waals surface area contributed by atoms with Crippen molar-refractivity contribution in [3.8, 4) is 0 Å². The number of amides is 1. The molecule has 1 saturated carbocycles. The van der Waals surface area contributed by atoms with E-state index in [1.807, 2.05) is 0 Å². The topological polar surface area (TPSA) is 72.0 Å². The molecule has 148 valence electrons. The van der Waals surface area contributed by atoms with Gasteiger partial charge in [0.05, 0.1) is 12.0 Å². The van der Waals surface area contributed by atoms with Crippen molar-refractivity contribution in [2.24, 2.45) is 5.92 Å². The van der Waals surface area contributed by atoms with Gasteiger partial charge in [-0.3, -0.25) is 9.59 Å². The standard InChI is InChI=1S/C19H17F4N3O2/c1-10-6-15(26-17(25-10)8-16(27)12-3-4-12)18(28)24-9-11-2-5-14(20)13(7-11)19(21,22)23/h2,5-7,12H,3-4,8-9H2,1H3,(H,24,28). The van der Waals surface area contributed by atoms with Crippen LogP contribution in [0.25, 0.3) is 0 Å². The molecular weight excluding hydrogens is 378 g/mol. The lowest BCUT2D eigenvalue weighted by Gasteiger charge is -2.11. The average Bonchev–Trinajstić information content (AvgIpc) is 3.44. The summed E-state index contributed by atoms with van der Waals surface area (Å²) in [5.41, 5.74) is -0.779. The molecule has 2 aromatic rings. The fourth-order valence-electron chi connectivity index (χ4n) is 2.70. The van der Waals surface area contributed by atoms with Crippen LogP contribution in [-0.2, 0) is 23.9 Å². The van der Waals surface area contributed by atoms with Crippen LogP contribution in [0.2, 0.25) is 0 Å². The van der Waals surface area contributed by atoms with E-state index >= 15 is 0 Å². The maximum Gasteiger partial charge on any atom is 0.419 e. The van der Waals surface area contributed by atoms with Crippen LogP contribution in [0.5, 0.6) is 0 Å². The lowest BCUT2D eigenvalue weighted by atomic mass is 10.1. The third-order valence-corrected chi connectivity index (χ3v) is 4.29. The number of rotatable bonds is 6. The maximum absolute atomic E-state index is 13.3. The monoisotopic (exact) mass is 395 g/mol. The zero-order valence-electron chi connectivity index (χ0n) is 14.9. The van der Waals surface area contributed by atoms with E-state index in [4.69, 9.17) is 0 Å². The molecule has 28 heavy (non-hydrogen) atoms. The van der Waals surface area contributed by atoms with Crippen LogP contribution >= 0.6 is 0 Å². The lowest BCUT2D eigenvalue weighted by molar-refractivity contribution is -0.140. The number of halogens is 4. The van der Waals surface area contributed by atoms with E-state index in [1.165, 1.54) is 6.07 Å². The van der Waals surface area contributed by atoms with Crippen molar-refractivity contribution in [3.05, 3.63) is 58.4 Å². The van der Waals surface area contributed by atoms with E-state index < -0.39 is 23.5 Å². The predicted molar refractivity (Wildman–Crippen MR) is 90.8 cm³/mol. The van der Waals surface area contributed by atoms with Crippen LogP contribution in [0, 0.1) is 18.7 Å². The molecule has 9 heteroatoms. The molecule has 1 aliphatic rings. The Morgan fingerprint density at radius 3 is 2.54 bits per heavy atom. The summed E-state index contributed by atoms with van der Waals surface area (Å²) in [6.07, 6.45) is -3.07. The fraction of sp³-hybridized carbons (Fsp3) is 0.368. The number of hydrogen-bond donors (Lipinski definition) is 1. The summed E-state index contributed by atoms with van der Waals surface area (Å²) in [4.78, 5) is 32.5. The number of alkyl halides is 3. The van der Waals surface area contributed by atoms with Crippen molar-refractivity contribution < 1.29 is 27.2 Å². The van der Waals surface area contributed by atoms with Crippen molar-refractivity contribution in [3.63, 3.8) is 0 Å². The molecule has 1 amide bonds. The Hall–Kier alpha value is -2.84. The van der Waals surface area contributed by atoms with Crippen LogP contribution < -0.4 is 5.32 Å². The van der Waals surface area contributed by atoms with Gasteiger partial charge >= 0.3 is 6.18 Å². The molecule has 0 atom stereocenters. The summed E-state index contributed by atoms with van der Waals surface area (Å²) in [6, 6.07) is 3.95. The SMILES string of the molecule is Cc1cc(C(=O)NCc2ccc(F)c(C(F)(F)F)c2)nc(CC(=O)C2CC2)n1. The highest BCUT2D eigenvalue weighted by molar-refractivity contribution is 5.92.